The second-order valence-corrected chi connectivity index (χ2v) is 26.5. The first-order valence-corrected chi connectivity index (χ1v) is 35.8. The van der Waals surface area contributed by atoms with Crippen molar-refractivity contribution < 1.29 is 96.4 Å². The average molecular weight is 1540 g/mol. The Bertz CT molecular complexity index is 4320. The summed E-state index contributed by atoms with van der Waals surface area (Å²) < 4.78 is 41.9. The van der Waals surface area contributed by atoms with Gasteiger partial charge in [0.1, 0.15) is 116 Å². The van der Waals surface area contributed by atoms with Gasteiger partial charge < -0.3 is 85.7 Å². The van der Waals surface area contributed by atoms with Gasteiger partial charge in [0.15, 0.2) is 17.5 Å². The third-order valence-electron chi connectivity index (χ3n) is 17.1. The third-order valence-corrected chi connectivity index (χ3v) is 17.7. The summed E-state index contributed by atoms with van der Waals surface area (Å²) in [4.78, 5) is 152. The van der Waals surface area contributed by atoms with E-state index in [9.17, 15) is 39.3 Å². The number of amides is 9. The summed E-state index contributed by atoms with van der Waals surface area (Å²) in [5.74, 6) is -13.7. The summed E-state index contributed by atoms with van der Waals surface area (Å²) in [6.45, 7) is 23.2. The van der Waals surface area contributed by atoms with Crippen molar-refractivity contribution in [1.82, 2.24) is 42.5 Å². The number of carbonyl (C=O) groups is 10. The number of carbonyl (C=O) groups excluding carboxylic acids is 10. The lowest BCUT2D eigenvalue weighted by Gasteiger charge is -2.32. The summed E-state index contributed by atoms with van der Waals surface area (Å²) >= 11 is 13.9. The molecule has 0 radical (unpaired) electrons. The number of hydrogen-bond donors (Lipinski definition) is 11. The fourth-order valence-electron chi connectivity index (χ4n) is 11.8. The number of nitrogens with one attached hydrogen (secondary N) is 8. The number of aliphatic hydroxyl groups is 2. The van der Waals surface area contributed by atoms with Gasteiger partial charge in [-0.1, -0.05) is 158 Å². The molecule has 5 heterocycles. The molecule has 578 valence electrons. The Labute approximate surface area is 638 Å². The van der Waals surface area contributed by atoms with Crippen molar-refractivity contribution in [2.45, 2.75) is 127 Å². The number of ether oxygens (including phenoxy) is 7. The number of hydrogen-bond acceptors (Lipinski definition) is 21. The minimum atomic E-state index is -2.25. The molecule has 5 aliphatic heterocycles. The van der Waals surface area contributed by atoms with Crippen molar-refractivity contribution in [2.24, 2.45) is 10.9 Å². The lowest BCUT2D eigenvalue weighted by atomic mass is 9.89. The van der Waals surface area contributed by atoms with E-state index in [1.54, 1.807) is 13.8 Å². The van der Waals surface area contributed by atoms with Crippen LogP contribution < -0.4 is 66.2 Å². The average Bonchev–Trinajstić information content (AvgIpc) is 0.760. The number of esters is 2. The molecule has 5 aliphatic rings. The second-order valence-electron chi connectivity index (χ2n) is 25.7. The first-order valence-electron chi connectivity index (χ1n) is 35.0. The number of imide groups is 1. The maximum absolute atomic E-state index is 16.2. The number of aliphatic hydroxyl groups excluding tert-OH is 2. The number of phenolic OH excluding ortho intramolecular Hbond substituents is 1. The molecule has 10 rings (SSSR count). The second kappa shape index (κ2) is 39.9. The largest absolute Gasteiger partial charge is 0.502 e. The highest BCUT2D eigenvalue weighted by Gasteiger charge is 2.43. The van der Waals surface area contributed by atoms with Gasteiger partial charge in [-0.3, -0.25) is 43.9 Å². The normalized spacial score (nSPS) is 19.2. The molecule has 29 nitrogen and oxygen atoms in total. The zero-order valence-electron chi connectivity index (χ0n) is 60.2. The Morgan fingerprint density at radius 3 is 1.82 bits per heavy atom. The fourth-order valence-corrected chi connectivity index (χ4v) is 12.2. The molecule has 0 unspecified atom stereocenters. The van der Waals surface area contributed by atoms with E-state index < -0.39 is 137 Å². The van der Waals surface area contributed by atoms with E-state index in [1.807, 2.05) is 0 Å². The van der Waals surface area contributed by atoms with E-state index in [0.29, 0.717) is 6.42 Å². The first-order chi connectivity index (χ1) is 52.3. The molecular weight excluding hydrogens is 1450 g/mol. The highest BCUT2D eigenvalue weighted by atomic mass is 35.5. The highest BCUT2D eigenvalue weighted by molar-refractivity contribution is 6.32. The van der Waals surface area contributed by atoms with Gasteiger partial charge in [0.25, 0.3) is 0 Å². The maximum Gasteiger partial charge on any atom is 0.349 e. The molecule has 0 aromatic heterocycles. The molecule has 31 heteroatoms. The molecule has 109 heavy (non-hydrogen) atoms. The predicted molar refractivity (Wildman–Crippen MR) is 402 cm³/mol. The van der Waals surface area contributed by atoms with Crippen LogP contribution in [0.1, 0.15) is 130 Å². The smallest absolute Gasteiger partial charge is 0.349 e. The van der Waals surface area contributed by atoms with Crippen LogP contribution in [0, 0.1) is 5.92 Å². The van der Waals surface area contributed by atoms with Crippen molar-refractivity contribution in [3.8, 4) is 57.1 Å². The SMILES string of the molecule is C=CCOC(=O)/C=N/[C@H](CC(C)C)C(=O)N[C@H]1C(=O)N[C@@H](CC(=O)NC(=O)NCCCCCCCC)C(=O)N[C@H]2C(=O)N[C@H]3C(=O)N[C@H](C(=O)N[C@H](C(=O)OCC=C)c4cc(OCC=C)cc(OCC=C)c4-c4cc3ccc4OCC=C)[C@H](O)c3ccc(c(Cl)c3)Oc3cc2cc(c3O)Oc2ccc(cc2Cl)[C@H]1O. The van der Waals surface area contributed by atoms with Crippen molar-refractivity contribution >= 4 is 88.7 Å². The molecule has 9 amide bonds. The zero-order chi connectivity index (χ0) is 79.0. The van der Waals surface area contributed by atoms with Gasteiger partial charge in [0, 0.05) is 29.3 Å². The van der Waals surface area contributed by atoms with Gasteiger partial charge in [0.2, 0.25) is 47.1 Å². The first kappa shape index (κ1) is 83.1. The number of aliphatic imine (C=N–C) groups is 1. The number of halogens is 2. The van der Waals surface area contributed by atoms with Crippen LogP contribution in [0.2, 0.25) is 10.0 Å². The Balaban J connectivity index is 1.38. The van der Waals surface area contributed by atoms with Crippen LogP contribution in [0.3, 0.4) is 0 Å². The number of benzene rings is 5. The number of phenols is 1. The van der Waals surface area contributed by atoms with Crippen LogP contribution in [0.5, 0.6) is 46.0 Å². The van der Waals surface area contributed by atoms with Crippen LogP contribution >= 0.6 is 23.2 Å². The lowest BCUT2D eigenvalue weighted by molar-refractivity contribution is -0.147. The monoisotopic (exact) mass is 1540 g/mol. The van der Waals surface area contributed by atoms with Crippen molar-refractivity contribution in [3.05, 3.63) is 180 Å². The number of rotatable bonds is 29. The summed E-state index contributed by atoms with van der Waals surface area (Å²) in [7, 11) is 0. The Hall–Kier alpha value is -11.5. The molecule has 0 saturated heterocycles. The van der Waals surface area contributed by atoms with Gasteiger partial charge >= 0.3 is 18.0 Å². The Morgan fingerprint density at radius 2 is 1.18 bits per heavy atom. The number of unbranched alkanes of at least 4 members (excludes halogenated alkanes) is 5. The molecule has 5 aromatic carbocycles. The summed E-state index contributed by atoms with van der Waals surface area (Å²) in [6, 6.07) is 1.13. The molecule has 11 bridgehead atoms. The van der Waals surface area contributed by atoms with Gasteiger partial charge in [0.05, 0.1) is 16.5 Å². The van der Waals surface area contributed by atoms with E-state index in [4.69, 9.17) is 56.4 Å². The third kappa shape index (κ3) is 22.1. The van der Waals surface area contributed by atoms with Gasteiger partial charge in [-0.25, -0.2) is 14.4 Å². The van der Waals surface area contributed by atoms with Crippen LogP contribution in [-0.4, -0.2) is 145 Å². The quantitative estimate of drug-likeness (QED) is 0.00920. The molecule has 0 aliphatic carbocycles. The van der Waals surface area contributed by atoms with Crippen molar-refractivity contribution in [2.75, 3.05) is 39.6 Å². The van der Waals surface area contributed by atoms with E-state index in [1.165, 1.54) is 85.0 Å². The van der Waals surface area contributed by atoms with Crippen LogP contribution in [0.15, 0.2) is 147 Å². The van der Waals surface area contributed by atoms with Crippen LogP contribution in [0.4, 0.5) is 4.79 Å². The van der Waals surface area contributed by atoms with E-state index in [2.05, 4.69) is 87.3 Å². The summed E-state index contributed by atoms with van der Waals surface area (Å²) in [5, 5.41) is 56.7. The van der Waals surface area contributed by atoms with Crippen LogP contribution in [-0.2, 0) is 52.6 Å². The summed E-state index contributed by atoms with van der Waals surface area (Å²) in [6.07, 6.45) is 7.37. The molecular formula is C78H87Cl2N9O20. The molecule has 0 fully saturated rings. The number of fused-ring (bicyclic) bond motifs is 15. The molecule has 0 saturated carbocycles. The predicted octanol–water partition coefficient (Wildman–Crippen LogP) is 8.90. The van der Waals surface area contributed by atoms with E-state index in [-0.39, 0.29) is 130 Å². The molecule has 5 aromatic rings. The maximum atomic E-state index is 16.2. The minimum absolute atomic E-state index is 0.00181. The Morgan fingerprint density at radius 1 is 0.606 bits per heavy atom. The zero-order valence-corrected chi connectivity index (χ0v) is 61.7. The standard InChI is InChI=1S/C78H87Cl2N9O20/c1-9-15-16-17-18-19-26-81-78(102)84-60(90)40-53-72(96)85-64-46-36-58(108-55-24-21-44(34-50(55)79)68(92)66(75(99)83-53)88-71(95)52(32-42(7)8)82-41-61(91)106-30-13-5)70(94)59(37-46)109-56-25-22-45(35-51(56)80)69(93)67-76(100)87-65(77(101)107-31-14-6)49-38-47(103-27-10-2)39-57(105-29-12-4)62(49)48-33-43(20-23-54(48)104-28-11-3)63(73(97)89-67)86-74(64)98/h10-14,20-25,33-39,41-42,52-53,63-69,92-94H,2-6,9,15-19,26-32,40H2,1,7-8H3,(H,83,99)(H,85,96)(H,86,98)(H,87,100)(H,88,95)(H,89,97)(H2,81,84,90,102)/b82-41+/t52-,53+,63-,64-,65+,66-,67+,68-,69-/m1/s1. The van der Waals surface area contributed by atoms with Gasteiger partial charge in [-0.2, -0.15) is 0 Å². The highest BCUT2D eigenvalue weighted by Crippen LogP contribution is 2.48. The molecule has 9 atom stereocenters. The molecule has 11 N–H and O–H groups in total. The minimum Gasteiger partial charge on any atom is -0.502 e. The van der Waals surface area contributed by atoms with E-state index in [0.717, 1.165) is 62.6 Å². The van der Waals surface area contributed by atoms with Crippen LogP contribution in [0.25, 0.3) is 11.1 Å². The van der Waals surface area contributed by atoms with Crippen molar-refractivity contribution in [3.63, 3.8) is 0 Å². The lowest BCUT2D eigenvalue weighted by Crippen LogP contribution is -2.58. The Kier molecular flexibility index (Phi) is 30.4. The van der Waals surface area contributed by atoms with Crippen molar-refractivity contribution in [1.29, 1.82) is 0 Å². The van der Waals surface area contributed by atoms with E-state index >= 15 is 24.0 Å². The fraction of sp³-hybridized carbons (Fsp3) is 0.346. The summed E-state index contributed by atoms with van der Waals surface area (Å²) in [5.41, 5.74) is -0.921. The van der Waals surface area contributed by atoms with Gasteiger partial charge in [-0.15, -0.1) is 0 Å². The number of urea groups is 1. The number of aromatic hydroxyl groups is 1. The topological polar surface area (TPSA) is 405 Å². The molecule has 0 spiro atoms. The number of nitrogens with zero attached hydrogens (tertiary/aromatic N) is 1. The van der Waals surface area contributed by atoms with Gasteiger partial charge in [-0.05, 0) is 95.6 Å².